The largest absolute Gasteiger partial charge is 0.493 e. The van der Waals surface area contributed by atoms with Crippen molar-refractivity contribution < 1.29 is 23.4 Å². The molecule has 216 valence electrons. The van der Waals surface area contributed by atoms with Crippen LogP contribution in [0.3, 0.4) is 0 Å². The first kappa shape index (κ1) is 31.3. The Labute approximate surface area is 239 Å². The van der Waals surface area contributed by atoms with Crippen molar-refractivity contribution in [2.24, 2.45) is 5.92 Å². The highest BCUT2D eigenvalue weighted by atomic mass is 35.5. The normalized spacial score (nSPS) is 17.9. The van der Waals surface area contributed by atoms with Crippen LogP contribution in [-0.2, 0) is 9.53 Å². The number of benzene rings is 2. The molecule has 4 nitrogen and oxygen atoms in total. The molecule has 1 fully saturated rings. The molecule has 0 aromatic heterocycles. The molecule has 0 N–H and O–H groups in total. The Balaban J connectivity index is 1.37. The van der Waals surface area contributed by atoms with Gasteiger partial charge in [-0.15, -0.1) is 0 Å². The monoisotopic (exact) mass is 560 g/mol. The molecule has 0 saturated heterocycles. The fourth-order valence-electron chi connectivity index (χ4n) is 4.98. The van der Waals surface area contributed by atoms with E-state index in [0.717, 1.165) is 61.2 Å². The second-order valence-electron chi connectivity index (χ2n) is 10.8. The van der Waals surface area contributed by atoms with Crippen LogP contribution in [0.4, 0.5) is 4.39 Å². The topological polar surface area (TPSA) is 44.8 Å². The lowest BCUT2D eigenvalue weighted by atomic mass is 9.88. The minimum absolute atomic E-state index is 0.174. The van der Waals surface area contributed by atoms with Crippen molar-refractivity contribution in [1.29, 1.82) is 0 Å². The maximum atomic E-state index is 13.9. The van der Waals surface area contributed by atoms with E-state index in [1.54, 1.807) is 0 Å². The van der Waals surface area contributed by atoms with E-state index in [0.29, 0.717) is 30.6 Å². The molecule has 0 radical (unpaired) electrons. The number of hydrogen-bond acceptors (Lipinski definition) is 4. The van der Waals surface area contributed by atoms with Crippen molar-refractivity contribution in [3.05, 3.63) is 47.5 Å². The Morgan fingerprint density at radius 2 is 1.54 bits per heavy atom. The third kappa shape index (κ3) is 11.0. The Morgan fingerprint density at radius 3 is 2.23 bits per heavy atom. The molecule has 1 aliphatic rings. The van der Waals surface area contributed by atoms with E-state index in [1.807, 2.05) is 49.4 Å². The fraction of sp³-hybridized carbons (Fsp3) is 0.606. The van der Waals surface area contributed by atoms with Crippen LogP contribution in [0, 0.1) is 5.92 Å². The average molecular weight is 561 g/mol. The first-order valence-corrected chi connectivity index (χ1v) is 15.4. The average Bonchev–Trinajstić information content (AvgIpc) is 2.96. The molecule has 3 rings (SSSR count). The third-order valence-corrected chi connectivity index (χ3v) is 7.80. The summed E-state index contributed by atoms with van der Waals surface area (Å²) in [5.41, 5.74) is 2.11. The summed E-state index contributed by atoms with van der Waals surface area (Å²) < 4.78 is 31.2. The Morgan fingerprint density at radius 1 is 0.872 bits per heavy atom. The quantitative estimate of drug-likeness (QED) is 0.143. The van der Waals surface area contributed by atoms with Crippen molar-refractivity contribution >= 4 is 17.6 Å². The van der Waals surface area contributed by atoms with Gasteiger partial charge in [0, 0.05) is 0 Å². The smallest absolute Gasteiger partial charge is 0.340 e. The van der Waals surface area contributed by atoms with Crippen LogP contribution in [0.2, 0.25) is 5.02 Å². The van der Waals surface area contributed by atoms with Gasteiger partial charge in [-0.3, -0.25) is 0 Å². The van der Waals surface area contributed by atoms with Gasteiger partial charge >= 0.3 is 5.97 Å². The van der Waals surface area contributed by atoms with Gasteiger partial charge < -0.3 is 14.2 Å². The van der Waals surface area contributed by atoms with E-state index in [1.165, 1.54) is 32.1 Å². The van der Waals surface area contributed by atoms with Gasteiger partial charge in [-0.25, -0.2) is 9.18 Å². The van der Waals surface area contributed by atoms with E-state index in [-0.39, 0.29) is 12.5 Å². The molecular formula is C33H46ClFO4. The van der Waals surface area contributed by atoms with Gasteiger partial charge in [0.05, 0.1) is 18.2 Å². The maximum absolute atomic E-state index is 13.9. The van der Waals surface area contributed by atoms with Gasteiger partial charge in [0.1, 0.15) is 17.6 Å². The summed E-state index contributed by atoms with van der Waals surface area (Å²) in [5.74, 6) is 1.27. The minimum atomic E-state index is -1.49. The van der Waals surface area contributed by atoms with Crippen molar-refractivity contribution in [1.82, 2.24) is 0 Å². The summed E-state index contributed by atoms with van der Waals surface area (Å²) in [6.07, 6.45) is 10.9. The summed E-state index contributed by atoms with van der Waals surface area (Å²) in [4.78, 5) is 11.9. The van der Waals surface area contributed by atoms with E-state index in [9.17, 15) is 9.18 Å². The highest BCUT2D eigenvalue weighted by Gasteiger charge is 2.27. The first-order chi connectivity index (χ1) is 19.0. The standard InChI is InChI=1S/C33H46ClFO4/c1-3-5-7-8-9-10-22-37-32-21-16-27(23-30(32)34)26-14-19-28(20-15-26)38-24-25-12-17-29(18-13-25)39-33(36)31(35)11-6-4-2/h14-16,19-21,23,25,29,31H,3-13,17-18,22,24H2,1-2H3/t25?,29?,31-/m0/s1. The predicted octanol–water partition coefficient (Wildman–Crippen LogP) is 9.76. The van der Waals surface area contributed by atoms with E-state index < -0.39 is 12.1 Å². The molecule has 2 aromatic rings. The van der Waals surface area contributed by atoms with Crippen LogP contribution in [0.15, 0.2) is 42.5 Å². The zero-order chi connectivity index (χ0) is 27.9. The summed E-state index contributed by atoms with van der Waals surface area (Å²) in [6, 6.07) is 14.0. The van der Waals surface area contributed by atoms with E-state index in [2.05, 4.69) is 6.92 Å². The molecule has 6 heteroatoms. The molecule has 0 unspecified atom stereocenters. The number of halogens is 2. The van der Waals surface area contributed by atoms with Crippen LogP contribution in [0.1, 0.15) is 97.3 Å². The van der Waals surface area contributed by atoms with Gasteiger partial charge in [-0.1, -0.05) is 88.6 Å². The minimum Gasteiger partial charge on any atom is -0.493 e. The molecule has 0 aliphatic heterocycles. The maximum Gasteiger partial charge on any atom is 0.340 e. The zero-order valence-corrected chi connectivity index (χ0v) is 24.5. The molecule has 1 aliphatic carbocycles. The number of carbonyl (C=O) groups excluding carboxylic acids is 1. The summed E-state index contributed by atoms with van der Waals surface area (Å²) in [5, 5.41) is 0.628. The van der Waals surface area contributed by atoms with Gasteiger partial charge in [-0.05, 0) is 79.8 Å². The first-order valence-electron chi connectivity index (χ1n) is 15.0. The lowest BCUT2D eigenvalue weighted by molar-refractivity contribution is -0.157. The van der Waals surface area contributed by atoms with Crippen LogP contribution < -0.4 is 9.47 Å². The van der Waals surface area contributed by atoms with Crippen molar-refractivity contribution in [2.45, 2.75) is 110 Å². The Hall–Kier alpha value is -2.27. The molecule has 1 atom stereocenters. The summed E-state index contributed by atoms with van der Waals surface area (Å²) in [6.45, 7) is 5.53. The van der Waals surface area contributed by atoms with E-state index >= 15 is 0 Å². The Bertz CT molecular complexity index is 972. The number of alkyl halides is 1. The zero-order valence-electron chi connectivity index (χ0n) is 23.8. The molecule has 0 amide bonds. The molecule has 0 spiro atoms. The number of ether oxygens (including phenoxy) is 3. The molecule has 0 heterocycles. The number of rotatable bonds is 17. The van der Waals surface area contributed by atoms with Gasteiger partial charge in [0.15, 0.2) is 6.17 Å². The fourth-order valence-corrected chi connectivity index (χ4v) is 5.21. The SMILES string of the molecule is CCCCCCCCOc1ccc(-c2ccc(OCC3CCC(OC(=O)[C@@H](F)CCCC)CC3)cc2)cc1Cl. The van der Waals surface area contributed by atoms with Gasteiger partial charge in [-0.2, -0.15) is 0 Å². The van der Waals surface area contributed by atoms with Gasteiger partial charge in [0.2, 0.25) is 0 Å². The second-order valence-corrected chi connectivity index (χ2v) is 11.2. The Kier molecular flexibility index (Phi) is 14.0. The van der Waals surface area contributed by atoms with Crippen molar-refractivity contribution in [2.75, 3.05) is 13.2 Å². The van der Waals surface area contributed by atoms with Crippen LogP contribution in [0.25, 0.3) is 11.1 Å². The summed E-state index contributed by atoms with van der Waals surface area (Å²) in [7, 11) is 0. The van der Waals surface area contributed by atoms with Crippen molar-refractivity contribution in [3.8, 4) is 22.6 Å². The molecule has 0 bridgehead atoms. The highest BCUT2D eigenvalue weighted by Crippen LogP contribution is 2.32. The number of esters is 1. The summed E-state index contributed by atoms with van der Waals surface area (Å²) >= 11 is 6.51. The third-order valence-electron chi connectivity index (χ3n) is 7.50. The van der Waals surface area contributed by atoms with Gasteiger partial charge in [0.25, 0.3) is 0 Å². The molecule has 1 saturated carbocycles. The second kappa shape index (κ2) is 17.4. The number of unbranched alkanes of at least 4 members (excludes halogenated alkanes) is 6. The molecule has 2 aromatic carbocycles. The van der Waals surface area contributed by atoms with Crippen molar-refractivity contribution in [3.63, 3.8) is 0 Å². The molecular weight excluding hydrogens is 515 g/mol. The predicted molar refractivity (Wildman–Crippen MR) is 158 cm³/mol. The highest BCUT2D eigenvalue weighted by molar-refractivity contribution is 6.32. The number of carbonyl (C=O) groups is 1. The van der Waals surface area contributed by atoms with E-state index in [4.69, 9.17) is 25.8 Å². The number of hydrogen-bond donors (Lipinski definition) is 0. The lowest BCUT2D eigenvalue weighted by Crippen LogP contribution is -2.30. The van der Waals surface area contributed by atoms with Crippen LogP contribution in [0.5, 0.6) is 11.5 Å². The lowest BCUT2D eigenvalue weighted by Gasteiger charge is -2.28. The van der Waals surface area contributed by atoms with Crippen LogP contribution >= 0.6 is 11.6 Å². The van der Waals surface area contributed by atoms with Crippen LogP contribution in [-0.4, -0.2) is 31.5 Å². The molecule has 39 heavy (non-hydrogen) atoms.